The molecule has 0 N–H and O–H groups in total. The number of aromatic nitrogens is 2. The normalized spacial score (nSPS) is 16.8. The molecule has 34 heavy (non-hydrogen) atoms. The first-order valence-electron chi connectivity index (χ1n) is 11.0. The predicted octanol–water partition coefficient (Wildman–Crippen LogP) is 4.76. The second kappa shape index (κ2) is 9.18. The number of rotatable bonds is 6. The van der Waals surface area contributed by atoms with Gasteiger partial charge >= 0.3 is 0 Å². The number of carbonyl (C=O) groups is 1. The summed E-state index contributed by atoms with van der Waals surface area (Å²) in [6.07, 6.45) is 4.53. The van der Waals surface area contributed by atoms with Gasteiger partial charge in [0.05, 0.1) is 16.8 Å². The molecular formula is C24H24N4O3S3. The number of nitrogens with zero attached hydrogens (tertiary/aromatic N) is 4. The molecule has 3 aromatic heterocycles. The predicted molar refractivity (Wildman–Crippen MR) is 136 cm³/mol. The number of carbonyl (C=O) groups excluding carboxylic acids is 1. The fourth-order valence-electron chi connectivity index (χ4n) is 4.26. The Bertz CT molecular complexity index is 1390. The van der Waals surface area contributed by atoms with Crippen LogP contribution < -0.4 is 4.90 Å². The number of thiazole rings is 1. The summed E-state index contributed by atoms with van der Waals surface area (Å²) in [5.74, 6) is -0.254. The molecule has 0 spiro atoms. The van der Waals surface area contributed by atoms with E-state index < -0.39 is 16.1 Å². The second-order valence-electron chi connectivity index (χ2n) is 8.37. The molecule has 1 saturated heterocycles. The number of hydrogen-bond donors (Lipinski definition) is 0. The fraction of sp³-hybridized carbons (Fsp3) is 0.292. The zero-order valence-electron chi connectivity index (χ0n) is 18.8. The van der Waals surface area contributed by atoms with E-state index in [1.165, 1.54) is 27.0 Å². The van der Waals surface area contributed by atoms with Gasteiger partial charge in [0.15, 0.2) is 5.13 Å². The molecule has 1 aliphatic heterocycles. The number of pyridine rings is 1. The van der Waals surface area contributed by atoms with Crippen LogP contribution in [0.2, 0.25) is 0 Å². The molecule has 1 amide bonds. The molecule has 1 unspecified atom stereocenters. The number of anilines is 1. The van der Waals surface area contributed by atoms with E-state index in [0.717, 1.165) is 26.9 Å². The largest absolute Gasteiger partial charge is 0.282 e. The Morgan fingerprint density at radius 1 is 1.18 bits per heavy atom. The molecule has 1 aliphatic rings. The second-order valence-corrected chi connectivity index (χ2v) is 12.4. The van der Waals surface area contributed by atoms with Crippen LogP contribution in [0.25, 0.3) is 10.2 Å². The van der Waals surface area contributed by atoms with Crippen LogP contribution in [0.3, 0.4) is 0 Å². The maximum absolute atomic E-state index is 14.0. The molecule has 1 aromatic carbocycles. The highest BCUT2D eigenvalue weighted by molar-refractivity contribution is 7.91. The fourth-order valence-corrected chi connectivity index (χ4v) is 8.14. The Hall–Kier alpha value is -2.66. The molecule has 7 nitrogen and oxygen atoms in total. The van der Waals surface area contributed by atoms with Crippen LogP contribution in [-0.2, 0) is 21.4 Å². The van der Waals surface area contributed by atoms with Gasteiger partial charge < -0.3 is 0 Å². The van der Waals surface area contributed by atoms with Gasteiger partial charge in [-0.25, -0.2) is 13.4 Å². The van der Waals surface area contributed by atoms with Crippen molar-refractivity contribution in [2.75, 3.05) is 11.4 Å². The van der Waals surface area contributed by atoms with Crippen molar-refractivity contribution in [2.24, 2.45) is 0 Å². The minimum absolute atomic E-state index is 0.254. The summed E-state index contributed by atoms with van der Waals surface area (Å²) in [6, 6.07) is 10.4. The monoisotopic (exact) mass is 512 g/mol. The Morgan fingerprint density at radius 2 is 2.00 bits per heavy atom. The van der Waals surface area contributed by atoms with Gasteiger partial charge in [0.1, 0.15) is 10.3 Å². The molecular weight excluding hydrogens is 488 g/mol. The smallest absolute Gasteiger partial charge is 0.253 e. The highest BCUT2D eigenvalue weighted by atomic mass is 32.2. The minimum Gasteiger partial charge on any atom is -0.282 e. The van der Waals surface area contributed by atoms with Gasteiger partial charge in [-0.1, -0.05) is 35.6 Å². The van der Waals surface area contributed by atoms with Crippen molar-refractivity contribution < 1.29 is 13.2 Å². The topological polar surface area (TPSA) is 83.5 Å². The van der Waals surface area contributed by atoms with E-state index in [0.29, 0.717) is 24.5 Å². The SMILES string of the molecule is Cc1ccc(C)c2sc(N(Cc3cccnc3)C(=O)C3CCCN3S(=O)(=O)c3cccs3)nc12. The van der Waals surface area contributed by atoms with Gasteiger partial charge in [-0.3, -0.25) is 14.7 Å². The molecule has 10 heteroatoms. The van der Waals surface area contributed by atoms with Crippen molar-refractivity contribution in [3.63, 3.8) is 0 Å². The lowest BCUT2D eigenvalue weighted by Gasteiger charge is -2.28. The Balaban J connectivity index is 1.56. The molecule has 0 saturated carbocycles. The van der Waals surface area contributed by atoms with Crippen LogP contribution in [0.4, 0.5) is 5.13 Å². The third kappa shape index (κ3) is 4.15. The summed E-state index contributed by atoms with van der Waals surface area (Å²) in [7, 11) is -3.74. The van der Waals surface area contributed by atoms with Crippen molar-refractivity contribution in [3.05, 3.63) is 70.9 Å². The summed E-state index contributed by atoms with van der Waals surface area (Å²) in [5.41, 5.74) is 3.87. The zero-order valence-corrected chi connectivity index (χ0v) is 21.3. The quantitative estimate of drug-likeness (QED) is 0.372. The first-order chi connectivity index (χ1) is 16.4. The number of hydrogen-bond acceptors (Lipinski definition) is 7. The molecule has 176 valence electrons. The standard InChI is InChI=1S/C24H24N4O3S3/c1-16-9-10-17(2)22-21(16)26-24(33-22)27(15-18-6-3-11-25-14-18)23(29)19-7-4-12-28(19)34(30,31)20-8-5-13-32-20/h3,5-6,8-11,13-14,19H,4,7,12,15H2,1-2H3. The van der Waals surface area contributed by atoms with Gasteiger partial charge in [-0.05, 0) is 60.9 Å². The molecule has 5 rings (SSSR count). The Labute approximate surface area is 206 Å². The third-order valence-corrected chi connectivity index (χ3v) is 10.5. The average Bonchev–Trinajstić information content (AvgIpc) is 3.61. The first kappa shape index (κ1) is 23.1. The van der Waals surface area contributed by atoms with Crippen LogP contribution in [0.15, 0.2) is 58.4 Å². The van der Waals surface area contributed by atoms with Crippen molar-refractivity contribution in [2.45, 2.75) is 43.5 Å². The van der Waals surface area contributed by atoms with Crippen LogP contribution in [0.5, 0.6) is 0 Å². The number of amides is 1. The number of benzene rings is 1. The number of thiophene rings is 1. The lowest BCUT2D eigenvalue weighted by atomic mass is 10.1. The van der Waals surface area contributed by atoms with Gasteiger partial charge in [0, 0.05) is 18.9 Å². The molecule has 0 bridgehead atoms. The van der Waals surface area contributed by atoms with E-state index in [2.05, 4.69) is 11.1 Å². The summed E-state index contributed by atoms with van der Waals surface area (Å²) < 4.78 is 29.3. The van der Waals surface area contributed by atoms with E-state index in [4.69, 9.17) is 4.98 Å². The van der Waals surface area contributed by atoms with Crippen LogP contribution in [0.1, 0.15) is 29.5 Å². The maximum atomic E-state index is 14.0. The van der Waals surface area contributed by atoms with Crippen molar-refractivity contribution >= 4 is 54.0 Å². The average molecular weight is 513 g/mol. The molecule has 4 aromatic rings. The summed E-state index contributed by atoms with van der Waals surface area (Å²) in [6.45, 7) is 4.64. The third-order valence-electron chi connectivity index (χ3n) is 6.04. The van der Waals surface area contributed by atoms with Crippen LogP contribution >= 0.6 is 22.7 Å². The number of fused-ring (bicyclic) bond motifs is 1. The van der Waals surface area contributed by atoms with Crippen molar-refractivity contribution in [1.82, 2.24) is 14.3 Å². The Morgan fingerprint density at radius 3 is 2.71 bits per heavy atom. The van der Waals surface area contributed by atoms with E-state index in [-0.39, 0.29) is 16.7 Å². The summed E-state index contributed by atoms with van der Waals surface area (Å²) >= 11 is 2.64. The van der Waals surface area contributed by atoms with E-state index in [1.54, 1.807) is 34.8 Å². The Kier molecular flexibility index (Phi) is 6.24. The van der Waals surface area contributed by atoms with Crippen molar-refractivity contribution in [3.8, 4) is 0 Å². The molecule has 4 heterocycles. The maximum Gasteiger partial charge on any atom is 0.253 e. The minimum atomic E-state index is -3.74. The van der Waals surface area contributed by atoms with Gasteiger partial charge in [-0.2, -0.15) is 4.31 Å². The highest BCUT2D eigenvalue weighted by Gasteiger charge is 2.42. The summed E-state index contributed by atoms with van der Waals surface area (Å²) in [4.78, 5) is 24.6. The van der Waals surface area contributed by atoms with Crippen molar-refractivity contribution in [1.29, 1.82) is 0 Å². The van der Waals surface area contributed by atoms with Crippen LogP contribution in [0, 0.1) is 13.8 Å². The van der Waals surface area contributed by atoms with Gasteiger partial charge in [-0.15, -0.1) is 11.3 Å². The first-order valence-corrected chi connectivity index (χ1v) is 14.1. The molecule has 0 aliphatic carbocycles. The number of sulfonamides is 1. The lowest BCUT2D eigenvalue weighted by molar-refractivity contribution is -0.121. The zero-order chi connectivity index (χ0) is 23.9. The molecule has 0 radical (unpaired) electrons. The van der Waals surface area contributed by atoms with Gasteiger partial charge in [0.2, 0.25) is 5.91 Å². The number of aryl methyl sites for hydroxylation is 2. The summed E-state index contributed by atoms with van der Waals surface area (Å²) in [5, 5.41) is 2.31. The van der Waals surface area contributed by atoms with Crippen LogP contribution in [-0.4, -0.2) is 41.2 Å². The highest BCUT2D eigenvalue weighted by Crippen LogP contribution is 2.36. The van der Waals surface area contributed by atoms with E-state index in [9.17, 15) is 13.2 Å². The lowest BCUT2D eigenvalue weighted by Crippen LogP contribution is -2.47. The molecule has 1 fully saturated rings. The van der Waals surface area contributed by atoms with Gasteiger partial charge in [0.25, 0.3) is 10.0 Å². The molecule has 1 atom stereocenters. The van der Waals surface area contributed by atoms with E-state index >= 15 is 0 Å². The van der Waals surface area contributed by atoms with E-state index in [1.807, 2.05) is 32.0 Å².